The summed E-state index contributed by atoms with van der Waals surface area (Å²) in [4.78, 5) is 0.854. The molecule has 0 aromatic heterocycles. The molecule has 3 aromatic rings. The van der Waals surface area contributed by atoms with Crippen LogP contribution in [0.25, 0.3) is 0 Å². The Morgan fingerprint density at radius 3 is 2.43 bits per heavy atom. The van der Waals surface area contributed by atoms with Gasteiger partial charge in [0.1, 0.15) is 18.2 Å². The van der Waals surface area contributed by atoms with E-state index in [0.717, 1.165) is 29.5 Å². The summed E-state index contributed by atoms with van der Waals surface area (Å²) in [5, 5.41) is 9.86. The van der Waals surface area contributed by atoms with Gasteiger partial charge in [0, 0.05) is 11.0 Å². The molecule has 0 saturated heterocycles. The quantitative estimate of drug-likeness (QED) is 0.546. The number of aliphatic hydroxyl groups excluding tert-OH is 1. The van der Waals surface area contributed by atoms with Crippen molar-refractivity contribution < 1.29 is 23.4 Å². The van der Waals surface area contributed by atoms with Gasteiger partial charge in [-0.15, -0.1) is 0 Å². The molecule has 1 atom stereocenters. The van der Waals surface area contributed by atoms with E-state index in [9.17, 15) is 13.9 Å². The summed E-state index contributed by atoms with van der Waals surface area (Å²) in [5.74, 6) is -0.377. The number of hydrogen-bond donors (Lipinski definition) is 1. The van der Waals surface area contributed by atoms with Crippen LogP contribution in [0.3, 0.4) is 0 Å². The first-order valence-electron chi connectivity index (χ1n) is 8.67. The summed E-state index contributed by atoms with van der Waals surface area (Å²) >= 11 is 1.09. The van der Waals surface area contributed by atoms with Crippen LogP contribution in [0.2, 0.25) is 0 Å². The molecule has 0 spiro atoms. The van der Waals surface area contributed by atoms with Gasteiger partial charge in [0.2, 0.25) is 0 Å². The van der Waals surface area contributed by atoms with Crippen molar-refractivity contribution in [3.8, 4) is 11.5 Å². The van der Waals surface area contributed by atoms with E-state index >= 15 is 0 Å². The second-order valence-corrected chi connectivity index (χ2v) is 7.25. The van der Waals surface area contributed by atoms with E-state index in [2.05, 4.69) is 0 Å². The lowest BCUT2D eigenvalue weighted by molar-refractivity contribution is 0.194. The van der Waals surface area contributed by atoms with Crippen molar-refractivity contribution in [3.63, 3.8) is 0 Å². The van der Waals surface area contributed by atoms with Crippen LogP contribution in [0.1, 0.15) is 24.2 Å². The lowest BCUT2D eigenvalue weighted by Gasteiger charge is -2.15. The van der Waals surface area contributed by atoms with E-state index < -0.39 is 17.7 Å². The molecule has 0 aliphatic carbocycles. The van der Waals surface area contributed by atoms with Crippen LogP contribution in [-0.2, 0) is 6.61 Å². The molecule has 0 amide bonds. The maximum Gasteiger partial charge on any atom is 0.161 e. The number of halogens is 2. The maximum absolute atomic E-state index is 14.3. The Labute approximate surface area is 166 Å². The molecule has 0 aliphatic rings. The molecule has 146 valence electrons. The standard InChI is InChI=1S/C22H20F2O3S/c1-14(25)18-10-16(23)11-19(24)22(18)28-17-8-9-20(21(12-17)26-2)27-13-15-6-4-3-5-7-15/h3-12,14,25H,13H2,1-2H3. The predicted molar refractivity (Wildman–Crippen MR) is 105 cm³/mol. The third kappa shape index (κ3) is 4.82. The van der Waals surface area contributed by atoms with Gasteiger partial charge in [-0.25, -0.2) is 8.78 Å². The Kier molecular flexibility index (Phi) is 6.54. The highest BCUT2D eigenvalue weighted by atomic mass is 32.2. The maximum atomic E-state index is 14.3. The highest BCUT2D eigenvalue weighted by Crippen LogP contribution is 2.39. The van der Waals surface area contributed by atoms with Crippen LogP contribution in [-0.4, -0.2) is 12.2 Å². The zero-order valence-corrected chi connectivity index (χ0v) is 16.3. The highest BCUT2D eigenvalue weighted by Gasteiger charge is 2.17. The van der Waals surface area contributed by atoms with Gasteiger partial charge in [-0.05, 0) is 42.3 Å². The van der Waals surface area contributed by atoms with E-state index in [0.29, 0.717) is 23.0 Å². The number of rotatable bonds is 7. The molecule has 28 heavy (non-hydrogen) atoms. The molecule has 0 saturated carbocycles. The molecule has 0 heterocycles. The van der Waals surface area contributed by atoms with E-state index in [4.69, 9.17) is 9.47 Å². The number of hydrogen-bond acceptors (Lipinski definition) is 4. The molecule has 0 aliphatic heterocycles. The van der Waals surface area contributed by atoms with Crippen molar-refractivity contribution in [2.45, 2.75) is 29.4 Å². The van der Waals surface area contributed by atoms with E-state index in [-0.39, 0.29) is 10.5 Å². The van der Waals surface area contributed by atoms with Crippen molar-refractivity contribution in [1.29, 1.82) is 0 Å². The number of ether oxygens (including phenoxy) is 2. The number of aliphatic hydroxyl groups is 1. The van der Waals surface area contributed by atoms with Crippen LogP contribution in [0, 0.1) is 11.6 Å². The minimum absolute atomic E-state index is 0.177. The van der Waals surface area contributed by atoms with E-state index in [1.165, 1.54) is 14.0 Å². The molecule has 1 unspecified atom stereocenters. The summed E-state index contributed by atoms with van der Waals surface area (Å²) in [6.07, 6.45) is -0.997. The lowest BCUT2D eigenvalue weighted by Crippen LogP contribution is -1.99. The van der Waals surface area contributed by atoms with Crippen LogP contribution < -0.4 is 9.47 Å². The van der Waals surface area contributed by atoms with Crippen molar-refractivity contribution in [2.24, 2.45) is 0 Å². The fourth-order valence-electron chi connectivity index (χ4n) is 2.68. The molecule has 0 fully saturated rings. The van der Waals surface area contributed by atoms with Gasteiger partial charge in [0.15, 0.2) is 11.5 Å². The Balaban J connectivity index is 1.83. The minimum atomic E-state index is -0.997. The Morgan fingerprint density at radius 2 is 1.75 bits per heavy atom. The first-order valence-corrected chi connectivity index (χ1v) is 9.49. The van der Waals surface area contributed by atoms with Gasteiger partial charge in [0.25, 0.3) is 0 Å². The van der Waals surface area contributed by atoms with Crippen molar-refractivity contribution in [1.82, 2.24) is 0 Å². The van der Waals surface area contributed by atoms with E-state index in [1.807, 2.05) is 30.3 Å². The van der Waals surface area contributed by atoms with Crippen molar-refractivity contribution >= 4 is 11.8 Å². The zero-order chi connectivity index (χ0) is 20.1. The largest absolute Gasteiger partial charge is 0.493 e. The van der Waals surface area contributed by atoms with Crippen LogP contribution in [0.5, 0.6) is 11.5 Å². The van der Waals surface area contributed by atoms with Gasteiger partial charge in [-0.2, -0.15) is 0 Å². The van der Waals surface area contributed by atoms with Crippen molar-refractivity contribution in [2.75, 3.05) is 7.11 Å². The average molecular weight is 402 g/mol. The fraction of sp³-hybridized carbons (Fsp3) is 0.182. The summed E-state index contributed by atoms with van der Waals surface area (Å²) in [6.45, 7) is 1.86. The zero-order valence-electron chi connectivity index (χ0n) is 15.5. The molecule has 0 radical (unpaired) electrons. The number of methoxy groups -OCH3 is 1. The van der Waals surface area contributed by atoms with Crippen molar-refractivity contribution in [3.05, 3.63) is 83.4 Å². The first kappa shape index (κ1) is 20.2. The second-order valence-electron chi connectivity index (χ2n) is 6.17. The van der Waals surface area contributed by atoms with Gasteiger partial charge < -0.3 is 14.6 Å². The lowest BCUT2D eigenvalue weighted by atomic mass is 10.1. The summed E-state index contributed by atoms with van der Waals surface area (Å²) in [7, 11) is 1.53. The van der Waals surface area contributed by atoms with Crippen LogP contribution in [0.15, 0.2) is 70.5 Å². The highest BCUT2D eigenvalue weighted by molar-refractivity contribution is 7.99. The Bertz CT molecular complexity index is 946. The summed E-state index contributed by atoms with van der Waals surface area (Å²) in [6, 6.07) is 16.9. The second kappa shape index (κ2) is 9.08. The third-order valence-electron chi connectivity index (χ3n) is 4.08. The fourth-order valence-corrected chi connectivity index (χ4v) is 3.72. The monoisotopic (exact) mass is 402 g/mol. The van der Waals surface area contributed by atoms with Gasteiger partial charge in [0.05, 0.1) is 18.1 Å². The Hall–Kier alpha value is -2.57. The SMILES string of the molecule is COc1cc(Sc2c(F)cc(F)cc2C(C)O)ccc1OCc1ccccc1. The Morgan fingerprint density at radius 1 is 1.00 bits per heavy atom. The molecule has 1 N–H and O–H groups in total. The molecule has 3 aromatic carbocycles. The van der Waals surface area contributed by atoms with E-state index in [1.54, 1.807) is 18.2 Å². The van der Waals surface area contributed by atoms with Gasteiger partial charge in [-0.3, -0.25) is 0 Å². The van der Waals surface area contributed by atoms with Gasteiger partial charge in [-0.1, -0.05) is 42.1 Å². The predicted octanol–water partition coefficient (Wildman–Crippen LogP) is 5.76. The molecular formula is C22H20F2O3S. The summed E-state index contributed by atoms with van der Waals surface area (Å²) < 4.78 is 39.0. The minimum Gasteiger partial charge on any atom is -0.493 e. The topological polar surface area (TPSA) is 38.7 Å². The molecule has 3 nitrogen and oxygen atoms in total. The molecular weight excluding hydrogens is 382 g/mol. The first-order chi connectivity index (χ1) is 13.5. The molecule has 0 bridgehead atoms. The summed E-state index contributed by atoms with van der Waals surface area (Å²) in [5.41, 5.74) is 1.23. The van der Waals surface area contributed by atoms with Gasteiger partial charge >= 0.3 is 0 Å². The normalized spacial score (nSPS) is 11.9. The van der Waals surface area contributed by atoms with Crippen LogP contribution in [0.4, 0.5) is 8.78 Å². The average Bonchev–Trinajstić information content (AvgIpc) is 2.69. The third-order valence-corrected chi connectivity index (χ3v) is 5.20. The smallest absolute Gasteiger partial charge is 0.161 e. The number of benzene rings is 3. The molecule has 6 heteroatoms. The molecule has 3 rings (SSSR count). The van der Waals surface area contributed by atoms with Crippen LogP contribution >= 0.6 is 11.8 Å².